The molecule has 2 unspecified atom stereocenters. The highest BCUT2D eigenvalue weighted by atomic mass is 16.5. The Morgan fingerprint density at radius 3 is 2.43 bits per heavy atom. The van der Waals surface area contributed by atoms with Gasteiger partial charge in [0, 0.05) is 17.8 Å². The summed E-state index contributed by atoms with van der Waals surface area (Å²) in [6.45, 7) is 5.96. The van der Waals surface area contributed by atoms with E-state index in [9.17, 15) is 4.79 Å². The number of ether oxygens (including phenoxy) is 2. The van der Waals surface area contributed by atoms with Crippen LogP contribution in [-0.4, -0.2) is 32.2 Å². The topological polar surface area (TPSA) is 59.6 Å². The van der Waals surface area contributed by atoms with Crippen molar-refractivity contribution in [3.05, 3.63) is 18.2 Å². The summed E-state index contributed by atoms with van der Waals surface area (Å²) in [5.41, 5.74) is 0.818. The lowest BCUT2D eigenvalue weighted by Gasteiger charge is -2.19. The minimum atomic E-state index is -0.317. The van der Waals surface area contributed by atoms with E-state index in [1.165, 1.54) is 0 Å². The highest BCUT2D eigenvalue weighted by Gasteiger charge is 2.15. The summed E-state index contributed by atoms with van der Waals surface area (Å²) >= 11 is 0. The normalized spacial score (nSPS) is 13.2. The van der Waals surface area contributed by atoms with Crippen molar-refractivity contribution in [3.63, 3.8) is 0 Å². The number of carbonyl (C=O) groups is 1. The Morgan fingerprint density at radius 1 is 1.19 bits per heavy atom. The number of methoxy groups -OCH3 is 2. The van der Waals surface area contributed by atoms with Gasteiger partial charge in [-0.2, -0.15) is 0 Å². The Balaban J connectivity index is 2.65. The van der Waals surface area contributed by atoms with E-state index in [0.717, 1.165) is 18.5 Å². The van der Waals surface area contributed by atoms with Crippen LogP contribution in [-0.2, 0) is 4.79 Å². The third-order valence-electron chi connectivity index (χ3n) is 3.27. The van der Waals surface area contributed by atoms with Crippen molar-refractivity contribution in [2.75, 3.05) is 19.5 Å². The fourth-order valence-electron chi connectivity index (χ4n) is 2.11. The average molecular weight is 294 g/mol. The molecule has 21 heavy (non-hydrogen) atoms. The number of anilines is 1. The Bertz CT molecular complexity index is 463. The molecule has 0 fully saturated rings. The molecule has 0 heterocycles. The minimum absolute atomic E-state index is 0.00858. The molecule has 0 aromatic heterocycles. The van der Waals surface area contributed by atoms with Gasteiger partial charge in [-0.3, -0.25) is 4.79 Å². The van der Waals surface area contributed by atoms with E-state index in [4.69, 9.17) is 9.47 Å². The lowest BCUT2D eigenvalue weighted by Crippen LogP contribution is -2.42. The molecule has 0 saturated heterocycles. The maximum atomic E-state index is 12.1. The summed E-state index contributed by atoms with van der Waals surface area (Å²) in [7, 11) is 3.18. The van der Waals surface area contributed by atoms with Gasteiger partial charge in [0.25, 0.3) is 0 Å². The Kier molecular flexibility index (Phi) is 6.85. The maximum absolute atomic E-state index is 12.1. The standard InChI is InChI=1S/C16H26N2O3/c1-6-7-11(2)17-16(19)12(3)18-13-8-9-14(20-4)15(10-13)21-5/h8-12,18H,6-7H2,1-5H3,(H,17,19). The quantitative estimate of drug-likeness (QED) is 0.774. The molecule has 0 radical (unpaired) electrons. The third kappa shape index (κ3) is 5.17. The summed E-state index contributed by atoms with van der Waals surface area (Å²) in [6.07, 6.45) is 2.04. The van der Waals surface area contributed by atoms with E-state index < -0.39 is 0 Å². The van der Waals surface area contributed by atoms with Crippen LogP contribution >= 0.6 is 0 Å². The molecular formula is C16H26N2O3. The molecule has 1 aromatic carbocycles. The Labute approximate surface area is 127 Å². The lowest BCUT2D eigenvalue weighted by molar-refractivity contribution is -0.122. The second-order valence-electron chi connectivity index (χ2n) is 5.13. The molecule has 1 rings (SSSR count). The monoisotopic (exact) mass is 294 g/mol. The van der Waals surface area contributed by atoms with Gasteiger partial charge in [-0.15, -0.1) is 0 Å². The zero-order valence-corrected chi connectivity index (χ0v) is 13.5. The molecule has 0 bridgehead atoms. The van der Waals surface area contributed by atoms with E-state index >= 15 is 0 Å². The number of amides is 1. The summed E-state index contributed by atoms with van der Waals surface area (Å²) in [5.74, 6) is 1.29. The number of benzene rings is 1. The molecule has 0 aliphatic heterocycles. The lowest BCUT2D eigenvalue weighted by atomic mass is 10.2. The van der Waals surface area contributed by atoms with Gasteiger partial charge in [0.15, 0.2) is 11.5 Å². The molecule has 2 atom stereocenters. The minimum Gasteiger partial charge on any atom is -0.493 e. The van der Waals surface area contributed by atoms with Gasteiger partial charge < -0.3 is 20.1 Å². The molecule has 1 aromatic rings. The molecule has 1 amide bonds. The van der Waals surface area contributed by atoms with Gasteiger partial charge in [0.2, 0.25) is 5.91 Å². The van der Waals surface area contributed by atoms with E-state index in [0.29, 0.717) is 11.5 Å². The molecule has 118 valence electrons. The van der Waals surface area contributed by atoms with Gasteiger partial charge in [0.05, 0.1) is 14.2 Å². The number of nitrogens with one attached hydrogen (secondary N) is 2. The number of hydrogen-bond acceptors (Lipinski definition) is 4. The van der Waals surface area contributed by atoms with Crippen molar-refractivity contribution >= 4 is 11.6 Å². The number of carbonyl (C=O) groups excluding carboxylic acids is 1. The summed E-state index contributed by atoms with van der Waals surface area (Å²) in [6, 6.07) is 5.36. The van der Waals surface area contributed by atoms with Crippen molar-refractivity contribution < 1.29 is 14.3 Å². The molecule has 0 spiro atoms. The zero-order chi connectivity index (χ0) is 15.8. The van der Waals surface area contributed by atoms with Crippen molar-refractivity contribution in [3.8, 4) is 11.5 Å². The van der Waals surface area contributed by atoms with Crippen LogP contribution in [0.5, 0.6) is 11.5 Å². The largest absolute Gasteiger partial charge is 0.493 e. The first-order chi connectivity index (χ1) is 10.0. The third-order valence-corrected chi connectivity index (χ3v) is 3.27. The van der Waals surface area contributed by atoms with Crippen LogP contribution in [0.1, 0.15) is 33.6 Å². The van der Waals surface area contributed by atoms with Gasteiger partial charge in [-0.05, 0) is 32.4 Å². The smallest absolute Gasteiger partial charge is 0.242 e. The second kappa shape index (κ2) is 8.39. The predicted octanol–water partition coefficient (Wildman–Crippen LogP) is 2.81. The fraction of sp³-hybridized carbons (Fsp3) is 0.562. The van der Waals surface area contributed by atoms with Crippen LogP contribution in [0.15, 0.2) is 18.2 Å². The predicted molar refractivity (Wildman–Crippen MR) is 85.1 cm³/mol. The van der Waals surface area contributed by atoms with Crippen LogP contribution in [0.3, 0.4) is 0 Å². The highest BCUT2D eigenvalue weighted by molar-refractivity contribution is 5.84. The van der Waals surface area contributed by atoms with Gasteiger partial charge >= 0.3 is 0 Å². The summed E-state index contributed by atoms with van der Waals surface area (Å²) in [5, 5.41) is 6.16. The van der Waals surface area contributed by atoms with Crippen molar-refractivity contribution in [1.82, 2.24) is 5.32 Å². The average Bonchev–Trinajstić information content (AvgIpc) is 2.47. The second-order valence-corrected chi connectivity index (χ2v) is 5.13. The highest BCUT2D eigenvalue weighted by Crippen LogP contribution is 2.29. The van der Waals surface area contributed by atoms with Crippen LogP contribution in [0.25, 0.3) is 0 Å². The van der Waals surface area contributed by atoms with Crippen molar-refractivity contribution in [1.29, 1.82) is 0 Å². The molecule has 5 nitrogen and oxygen atoms in total. The number of hydrogen-bond donors (Lipinski definition) is 2. The fourth-order valence-corrected chi connectivity index (χ4v) is 2.11. The Morgan fingerprint density at radius 2 is 1.86 bits per heavy atom. The summed E-state index contributed by atoms with van der Waals surface area (Å²) < 4.78 is 10.4. The summed E-state index contributed by atoms with van der Waals surface area (Å²) in [4.78, 5) is 12.1. The van der Waals surface area contributed by atoms with E-state index in [1.54, 1.807) is 14.2 Å². The van der Waals surface area contributed by atoms with Gasteiger partial charge in [-0.25, -0.2) is 0 Å². The van der Waals surface area contributed by atoms with Crippen LogP contribution in [0.2, 0.25) is 0 Å². The van der Waals surface area contributed by atoms with E-state index in [-0.39, 0.29) is 18.0 Å². The zero-order valence-electron chi connectivity index (χ0n) is 13.5. The van der Waals surface area contributed by atoms with Crippen molar-refractivity contribution in [2.45, 2.75) is 45.7 Å². The van der Waals surface area contributed by atoms with E-state index in [1.807, 2.05) is 32.0 Å². The molecule has 5 heteroatoms. The van der Waals surface area contributed by atoms with E-state index in [2.05, 4.69) is 17.6 Å². The van der Waals surface area contributed by atoms with Crippen LogP contribution in [0, 0.1) is 0 Å². The SMILES string of the molecule is CCCC(C)NC(=O)C(C)Nc1ccc(OC)c(OC)c1. The Hall–Kier alpha value is -1.91. The first kappa shape index (κ1) is 17.1. The first-order valence-electron chi connectivity index (χ1n) is 7.30. The number of rotatable bonds is 8. The first-order valence-corrected chi connectivity index (χ1v) is 7.30. The maximum Gasteiger partial charge on any atom is 0.242 e. The molecular weight excluding hydrogens is 268 g/mol. The van der Waals surface area contributed by atoms with Crippen molar-refractivity contribution in [2.24, 2.45) is 0 Å². The molecule has 2 N–H and O–H groups in total. The van der Waals surface area contributed by atoms with Crippen LogP contribution in [0.4, 0.5) is 5.69 Å². The molecule has 0 saturated carbocycles. The van der Waals surface area contributed by atoms with Gasteiger partial charge in [-0.1, -0.05) is 13.3 Å². The van der Waals surface area contributed by atoms with Gasteiger partial charge in [0.1, 0.15) is 6.04 Å². The van der Waals surface area contributed by atoms with Crippen LogP contribution < -0.4 is 20.1 Å². The molecule has 0 aliphatic carbocycles. The molecule has 0 aliphatic rings.